The number of rotatable bonds is 7. The van der Waals surface area contributed by atoms with Crippen LogP contribution in [-0.4, -0.2) is 24.1 Å². The van der Waals surface area contributed by atoms with Crippen LogP contribution in [0.3, 0.4) is 0 Å². The molecule has 0 atom stereocenters. The molecule has 150 valence electrons. The number of hydrogen-bond acceptors (Lipinski definition) is 6. The molecule has 3 aromatic heterocycles. The van der Waals surface area contributed by atoms with Crippen LogP contribution in [0.1, 0.15) is 54.6 Å². The fourth-order valence-electron chi connectivity index (χ4n) is 3.40. The Hall–Kier alpha value is -2.29. The van der Waals surface area contributed by atoms with E-state index in [1.54, 1.807) is 6.07 Å². The van der Waals surface area contributed by atoms with E-state index in [1.165, 1.54) is 38.9 Å². The summed E-state index contributed by atoms with van der Waals surface area (Å²) in [5.41, 5.74) is 1.75. The third kappa shape index (κ3) is 4.49. The predicted molar refractivity (Wildman–Crippen MR) is 119 cm³/mol. The lowest BCUT2D eigenvalue weighted by molar-refractivity contribution is -0.116. The molecule has 2 amide bonds. The molecule has 2 N–H and O–H groups in total. The third-order valence-corrected chi connectivity index (χ3v) is 7.72. The second kappa shape index (κ2) is 9.02. The molecular formula is C21H20N2O3S3. The van der Waals surface area contributed by atoms with Crippen molar-refractivity contribution in [3.8, 4) is 0 Å². The van der Waals surface area contributed by atoms with Gasteiger partial charge in [0.15, 0.2) is 0 Å². The molecule has 0 unspecified atom stereocenters. The van der Waals surface area contributed by atoms with Crippen molar-refractivity contribution in [2.45, 2.75) is 32.1 Å². The Balaban J connectivity index is 1.45. The van der Waals surface area contributed by atoms with E-state index >= 15 is 0 Å². The minimum Gasteiger partial charge on any atom is -0.351 e. The third-order valence-electron chi connectivity index (χ3n) is 4.78. The van der Waals surface area contributed by atoms with Gasteiger partial charge in [-0.05, 0) is 54.1 Å². The van der Waals surface area contributed by atoms with Gasteiger partial charge in [0.05, 0.1) is 15.3 Å². The van der Waals surface area contributed by atoms with Gasteiger partial charge in [-0.15, -0.1) is 34.0 Å². The number of hydrogen-bond donors (Lipinski definition) is 2. The van der Waals surface area contributed by atoms with Gasteiger partial charge < -0.3 is 10.6 Å². The van der Waals surface area contributed by atoms with Gasteiger partial charge in [-0.2, -0.15) is 0 Å². The Kier molecular flexibility index (Phi) is 6.22. The second-order valence-corrected chi connectivity index (χ2v) is 9.75. The van der Waals surface area contributed by atoms with Gasteiger partial charge in [-0.3, -0.25) is 14.4 Å². The molecule has 0 aromatic carbocycles. The molecule has 0 fully saturated rings. The molecule has 0 aliphatic heterocycles. The quantitative estimate of drug-likeness (QED) is 0.517. The average molecular weight is 445 g/mol. The van der Waals surface area contributed by atoms with E-state index in [0.717, 1.165) is 31.2 Å². The first-order valence-corrected chi connectivity index (χ1v) is 12.1. The molecule has 0 saturated carbocycles. The van der Waals surface area contributed by atoms with E-state index in [4.69, 9.17) is 0 Å². The molecule has 0 spiro atoms. The maximum atomic E-state index is 13.1. The summed E-state index contributed by atoms with van der Waals surface area (Å²) in [6.07, 6.45) is 4.17. The van der Waals surface area contributed by atoms with Crippen molar-refractivity contribution in [3.05, 3.63) is 60.8 Å². The molecule has 8 heteroatoms. The van der Waals surface area contributed by atoms with Gasteiger partial charge in [-0.25, -0.2) is 0 Å². The highest BCUT2D eigenvalue weighted by Crippen LogP contribution is 2.39. The van der Waals surface area contributed by atoms with Crippen molar-refractivity contribution in [1.29, 1.82) is 0 Å². The van der Waals surface area contributed by atoms with E-state index in [2.05, 4.69) is 10.6 Å². The van der Waals surface area contributed by atoms with Crippen LogP contribution in [-0.2, 0) is 17.6 Å². The lowest BCUT2D eigenvalue weighted by Crippen LogP contribution is -2.27. The smallest absolute Gasteiger partial charge is 0.261 e. The molecule has 0 saturated heterocycles. The lowest BCUT2D eigenvalue weighted by Gasteiger charge is -2.12. The highest BCUT2D eigenvalue weighted by molar-refractivity contribution is 7.17. The van der Waals surface area contributed by atoms with Crippen LogP contribution in [0.4, 0.5) is 5.00 Å². The Morgan fingerprint density at radius 1 is 0.966 bits per heavy atom. The van der Waals surface area contributed by atoms with Crippen molar-refractivity contribution in [3.63, 3.8) is 0 Å². The van der Waals surface area contributed by atoms with E-state index in [1.807, 2.05) is 29.0 Å². The van der Waals surface area contributed by atoms with Crippen molar-refractivity contribution in [2.75, 3.05) is 11.9 Å². The molecule has 5 nitrogen and oxygen atoms in total. The summed E-state index contributed by atoms with van der Waals surface area (Å²) >= 11 is 4.30. The molecule has 3 aromatic rings. The molecule has 0 radical (unpaired) electrons. The average Bonchev–Trinajstić information content (AvgIpc) is 3.47. The zero-order chi connectivity index (χ0) is 20.2. The van der Waals surface area contributed by atoms with Gasteiger partial charge >= 0.3 is 0 Å². The molecule has 1 aliphatic carbocycles. The second-order valence-electron chi connectivity index (χ2n) is 6.75. The zero-order valence-electron chi connectivity index (χ0n) is 15.7. The number of thiophene rings is 3. The number of carbonyl (C=O) groups excluding carboxylic acids is 3. The molecular weight excluding hydrogens is 424 g/mol. The molecule has 1 aliphatic rings. The van der Waals surface area contributed by atoms with E-state index < -0.39 is 0 Å². The number of anilines is 1. The summed E-state index contributed by atoms with van der Waals surface area (Å²) in [5, 5.41) is 10.1. The number of amides is 2. The van der Waals surface area contributed by atoms with E-state index in [-0.39, 0.29) is 30.6 Å². The van der Waals surface area contributed by atoms with Crippen LogP contribution in [0.25, 0.3) is 0 Å². The largest absolute Gasteiger partial charge is 0.351 e. The minimum absolute atomic E-state index is 0.0132. The van der Waals surface area contributed by atoms with Gasteiger partial charge in [0.2, 0.25) is 11.7 Å². The first kappa shape index (κ1) is 20.0. The van der Waals surface area contributed by atoms with Crippen molar-refractivity contribution < 1.29 is 14.4 Å². The first-order chi connectivity index (χ1) is 14.1. The summed E-state index contributed by atoms with van der Waals surface area (Å²) in [5.74, 6) is -0.385. The van der Waals surface area contributed by atoms with Crippen molar-refractivity contribution in [1.82, 2.24) is 5.32 Å². The zero-order valence-corrected chi connectivity index (χ0v) is 18.1. The maximum Gasteiger partial charge on any atom is 0.261 e. The maximum absolute atomic E-state index is 13.1. The van der Waals surface area contributed by atoms with Crippen LogP contribution in [0.5, 0.6) is 0 Å². The standard InChI is InChI=1S/C21H20N2O3S3/c24-17(9-10-22-20(26)16-8-4-12-28-16)23-21-18(19(25)15-7-3-11-27-15)13-5-1-2-6-14(13)29-21/h3-4,7-8,11-12H,1-2,5-6,9-10H2,(H,22,26)(H,23,24). The van der Waals surface area contributed by atoms with Crippen LogP contribution < -0.4 is 10.6 Å². The monoisotopic (exact) mass is 444 g/mol. The summed E-state index contributed by atoms with van der Waals surface area (Å²) in [7, 11) is 0. The number of ketones is 1. The fourth-order valence-corrected chi connectivity index (χ4v) is 6.01. The van der Waals surface area contributed by atoms with E-state index in [0.29, 0.717) is 20.3 Å². The SMILES string of the molecule is O=C(CCNC(=O)c1cccs1)Nc1sc2c(c1C(=O)c1cccs1)CCCC2. The molecule has 0 bridgehead atoms. The minimum atomic E-state index is -0.199. The summed E-state index contributed by atoms with van der Waals surface area (Å²) < 4.78 is 0. The predicted octanol–water partition coefficient (Wildman–Crippen LogP) is 4.74. The fraction of sp³-hybridized carbons (Fsp3) is 0.286. The van der Waals surface area contributed by atoms with E-state index in [9.17, 15) is 14.4 Å². The highest BCUT2D eigenvalue weighted by atomic mass is 32.1. The number of carbonyl (C=O) groups is 3. The summed E-state index contributed by atoms with van der Waals surface area (Å²) in [6, 6.07) is 7.26. The van der Waals surface area contributed by atoms with Crippen LogP contribution >= 0.6 is 34.0 Å². The molecule has 4 rings (SSSR count). The Bertz CT molecular complexity index is 1020. The summed E-state index contributed by atoms with van der Waals surface area (Å²) in [6.45, 7) is 0.252. The highest BCUT2D eigenvalue weighted by Gasteiger charge is 2.27. The molecule has 3 heterocycles. The lowest BCUT2D eigenvalue weighted by atomic mass is 9.93. The van der Waals surface area contributed by atoms with Gasteiger partial charge in [-0.1, -0.05) is 12.1 Å². The van der Waals surface area contributed by atoms with Crippen LogP contribution in [0.2, 0.25) is 0 Å². The van der Waals surface area contributed by atoms with Crippen LogP contribution in [0.15, 0.2) is 35.0 Å². The summed E-state index contributed by atoms with van der Waals surface area (Å²) in [4.78, 5) is 40.1. The number of nitrogens with one attached hydrogen (secondary N) is 2. The molecule has 29 heavy (non-hydrogen) atoms. The topological polar surface area (TPSA) is 75.3 Å². The van der Waals surface area contributed by atoms with Gasteiger partial charge in [0.25, 0.3) is 5.91 Å². The Labute approximate surface area is 180 Å². The van der Waals surface area contributed by atoms with Crippen molar-refractivity contribution >= 4 is 56.6 Å². The van der Waals surface area contributed by atoms with Gasteiger partial charge in [0, 0.05) is 17.8 Å². The first-order valence-electron chi connectivity index (χ1n) is 9.48. The Morgan fingerprint density at radius 3 is 2.41 bits per heavy atom. The van der Waals surface area contributed by atoms with Crippen molar-refractivity contribution in [2.24, 2.45) is 0 Å². The van der Waals surface area contributed by atoms with Gasteiger partial charge in [0.1, 0.15) is 5.00 Å². The normalized spacial score (nSPS) is 13.0. The Morgan fingerprint density at radius 2 is 1.69 bits per heavy atom. The van der Waals surface area contributed by atoms with Crippen LogP contribution in [0, 0.1) is 0 Å². The number of aryl methyl sites for hydroxylation is 1. The number of fused-ring (bicyclic) bond motifs is 1.